The highest BCUT2D eigenvalue weighted by molar-refractivity contribution is 7.22. The van der Waals surface area contributed by atoms with E-state index in [1.165, 1.54) is 11.3 Å². The van der Waals surface area contributed by atoms with Crippen molar-refractivity contribution in [2.45, 2.75) is 33.7 Å². The van der Waals surface area contributed by atoms with E-state index in [1.807, 2.05) is 58.0 Å². The number of aromatic nitrogens is 1. The van der Waals surface area contributed by atoms with E-state index in [4.69, 9.17) is 0 Å². The number of hydrogen-bond donors (Lipinski definition) is 2. The number of rotatable bonds is 5. The van der Waals surface area contributed by atoms with Crippen molar-refractivity contribution in [1.29, 1.82) is 0 Å². The van der Waals surface area contributed by atoms with Crippen LogP contribution in [0.4, 0.5) is 5.13 Å². The molecule has 0 aliphatic rings. The molecule has 2 amide bonds. The van der Waals surface area contributed by atoms with Gasteiger partial charge in [0.15, 0.2) is 5.13 Å². The second-order valence-corrected chi connectivity index (χ2v) is 8.02. The molecule has 3 rings (SSSR count). The topological polar surface area (TPSA) is 71.1 Å². The molecule has 0 bridgehead atoms. The molecule has 0 aliphatic carbocycles. The number of fused-ring (bicyclic) bond motifs is 1. The minimum atomic E-state index is -0.646. The maximum atomic E-state index is 12.8. The van der Waals surface area contributed by atoms with Gasteiger partial charge in [-0.15, -0.1) is 0 Å². The number of anilines is 1. The van der Waals surface area contributed by atoms with Gasteiger partial charge in [0.2, 0.25) is 5.91 Å². The first-order chi connectivity index (χ1) is 12.8. The summed E-state index contributed by atoms with van der Waals surface area (Å²) < 4.78 is 1.02. The lowest BCUT2D eigenvalue weighted by molar-refractivity contribution is -0.118. The SMILES string of the molecule is Cc1ccc(C(=O)NC(C(=O)Nc2nc3c(C)cccc3s2)C(C)C)cc1. The number of nitrogens with zero attached hydrogens (tertiary/aromatic N) is 1. The molecule has 0 fully saturated rings. The fraction of sp³-hybridized carbons (Fsp3) is 0.286. The zero-order chi connectivity index (χ0) is 19.6. The summed E-state index contributed by atoms with van der Waals surface area (Å²) >= 11 is 1.43. The van der Waals surface area contributed by atoms with Gasteiger partial charge in [0.25, 0.3) is 5.91 Å². The van der Waals surface area contributed by atoms with Gasteiger partial charge in [-0.05, 0) is 43.5 Å². The average molecular weight is 382 g/mol. The molecule has 3 aromatic rings. The quantitative estimate of drug-likeness (QED) is 0.692. The van der Waals surface area contributed by atoms with E-state index in [1.54, 1.807) is 12.1 Å². The Bertz CT molecular complexity index is 977. The van der Waals surface area contributed by atoms with Crippen molar-refractivity contribution in [3.05, 3.63) is 59.2 Å². The van der Waals surface area contributed by atoms with Crippen molar-refractivity contribution in [1.82, 2.24) is 10.3 Å². The summed E-state index contributed by atoms with van der Waals surface area (Å²) in [5, 5.41) is 6.24. The summed E-state index contributed by atoms with van der Waals surface area (Å²) in [5.41, 5.74) is 3.57. The molecule has 1 unspecified atom stereocenters. The molecule has 1 atom stereocenters. The first kappa shape index (κ1) is 19.0. The van der Waals surface area contributed by atoms with Crippen molar-refractivity contribution in [2.24, 2.45) is 5.92 Å². The van der Waals surface area contributed by atoms with Crippen molar-refractivity contribution in [2.75, 3.05) is 5.32 Å². The third kappa shape index (κ3) is 4.34. The molecule has 2 N–H and O–H groups in total. The van der Waals surface area contributed by atoms with Crippen LogP contribution >= 0.6 is 11.3 Å². The largest absolute Gasteiger partial charge is 0.340 e. The number of para-hydroxylation sites is 1. The van der Waals surface area contributed by atoms with E-state index in [0.29, 0.717) is 10.7 Å². The number of thiazole rings is 1. The van der Waals surface area contributed by atoms with Crippen LogP contribution < -0.4 is 10.6 Å². The summed E-state index contributed by atoms with van der Waals surface area (Å²) in [5.74, 6) is -0.582. The van der Waals surface area contributed by atoms with Gasteiger partial charge in [-0.1, -0.05) is 55.0 Å². The van der Waals surface area contributed by atoms with Crippen LogP contribution in [0.1, 0.15) is 35.3 Å². The highest BCUT2D eigenvalue weighted by atomic mass is 32.1. The van der Waals surface area contributed by atoms with Crippen molar-refractivity contribution in [3.8, 4) is 0 Å². The van der Waals surface area contributed by atoms with E-state index in [0.717, 1.165) is 21.3 Å². The normalized spacial score (nSPS) is 12.2. The lowest BCUT2D eigenvalue weighted by Gasteiger charge is -2.21. The number of nitrogens with one attached hydrogen (secondary N) is 2. The molecule has 0 saturated carbocycles. The van der Waals surface area contributed by atoms with Crippen LogP contribution in [0.25, 0.3) is 10.2 Å². The Hall–Kier alpha value is -2.73. The number of amides is 2. The third-order valence-electron chi connectivity index (χ3n) is 4.40. The first-order valence-corrected chi connectivity index (χ1v) is 9.71. The highest BCUT2D eigenvalue weighted by Gasteiger charge is 2.25. The molecule has 140 valence electrons. The number of benzene rings is 2. The van der Waals surface area contributed by atoms with Crippen LogP contribution in [0.3, 0.4) is 0 Å². The van der Waals surface area contributed by atoms with Crippen LogP contribution in [0.15, 0.2) is 42.5 Å². The van der Waals surface area contributed by atoms with Gasteiger partial charge in [0, 0.05) is 5.56 Å². The van der Waals surface area contributed by atoms with Gasteiger partial charge >= 0.3 is 0 Å². The Kier molecular flexibility index (Phi) is 5.56. The maximum Gasteiger partial charge on any atom is 0.251 e. The molecule has 5 nitrogen and oxygen atoms in total. The molecule has 0 spiro atoms. The summed E-state index contributed by atoms with van der Waals surface area (Å²) in [4.78, 5) is 29.8. The van der Waals surface area contributed by atoms with E-state index in [-0.39, 0.29) is 17.7 Å². The average Bonchev–Trinajstić information content (AvgIpc) is 3.03. The number of aryl methyl sites for hydroxylation is 2. The standard InChI is InChI=1S/C21H23N3O2S/c1-12(2)17(22-19(25)15-10-8-13(3)9-11-15)20(26)24-21-23-18-14(4)6-5-7-16(18)27-21/h5-12,17H,1-4H3,(H,22,25)(H,23,24,26). The molecular formula is C21H23N3O2S. The predicted octanol–water partition coefficient (Wildman–Crippen LogP) is 4.31. The third-order valence-corrected chi connectivity index (χ3v) is 5.34. The Balaban J connectivity index is 1.75. The lowest BCUT2D eigenvalue weighted by Crippen LogP contribution is -2.47. The maximum absolute atomic E-state index is 12.8. The second-order valence-electron chi connectivity index (χ2n) is 6.99. The van der Waals surface area contributed by atoms with Crippen molar-refractivity contribution in [3.63, 3.8) is 0 Å². The lowest BCUT2D eigenvalue weighted by atomic mass is 10.0. The molecule has 1 heterocycles. The smallest absolute Gasteiger partial charge is 0.251 e. The number of carbonyl (C=O) groups excluding carboxylic acids is 2. The minimum absolute atomic E-state index is 0.0597. The molecule has 0 aliphatic heterocycles. The fourth-order valence-electron chi connectivity index (χ4n) is 2.79. The van der Waals surface area contributed by atoms with Crippen molar-refractivity contribution < 1.29 is 9.59 Å². The molecule has 27 heavy (non-hydrogen) atoms. The number of carbonyl (C=O) groups is 2. The van der Waals surface area contributed by atoms with Crippen LogP contribution in [-0.4, -0.2) is 22.8 Å². The molecule has 6 heteroatoms. The summed E-state index contributed by atoms with van der Waals surface area (Å²) in [6.07, 6.45) is 0. The highest BCUT2D eigenvalue weighted by Crippen LogP contribution is 2.28. The Morgan fingerprint density at radius 2 is 1.74 bits per heavy atom. The zero-order valence-corrected chi connectivity index (χ0v) is 16.7. The Labute approximate surface area is 162 Å². The van der Waals surface area contributed by atoms with Crippen LogP contribution in [-0.2, 0) is 4.79 Å². The van der Waals surface area contributed by atoms with Crippen LogP contribution in [0.5, 0.6) is 0 Å². The Morgan fingerprint density at radius 3 is 2.37 bits per heavy atom. The van der Waals surface area contributed by atoms with Crippen LogP contribution in [0, 0.1) is 19.8 Å². The van der Waals surface area contributed by atoms with E-state index < -0.39 is 6.04 Å². The first-order valence-electron chi connectivity index (χ1n) is 8.89. The molecule has 0 saturated heterocycles. The molecule has 2 aromatic carbocycles. The second kappa shape index (κ2) is 7.88. The van der Waals surface area contributed by atoms with Gasteiger partial charge in [-0.3, -0.25) is 9.59 Å². The van der Waals surface area contributed by atoms with Gasteiger partial charge in [0.1, 0.15) is 6.04 Å². The van der Waals surface area contributed by atoms with Gasteiger partial charge in [-0.2, -0.15) is 0 Å². The summed E-state index contributed by atoms with van der Waals surface area (Å²) in [7, 11) is 0. The van der Waals surface area contributed by atoms with Gasteiger partial charge in [-0.25, -0.2) is 4.98 Å². The molecule has 1 aromatic heterocycles. The van der Waals surface area contributed by atoms with Crippen LogP contribution in [0.2, 0.25) is 0 Å². The summed E-state index contributed by atoms with van der Waals surface area (Å²) in [6, 6.07) is 12.6. The van der Waals surface area contributed by atoms with E-state index in [2.05, 4.69) is 15.6 Å². The van der Waals surface area contributed by atoms with E-state index >= 15 is 0 Å². The monoisotopic (exact) mass is 381 g/mol. The van der Waals surface area contributed by atoms with E-state index in [9.17, 15) is 9.59 Å². The minimum Gasteiger partial charge on any atom is -0.340 e. The van der Waals surface area contributed by atoms with Gasteiger partial charge in [0.05, 0.1) is 10.2 Å². The van der Waals surface area contributed by atoms with Crippen molar-refractivity contribution >= 4 is 38.5 Å². The fourth-order valence-corrected chi connectivity index (χ4v) is 3.73. The Morgan fingerprint density at radius 1 is 1.04 bits per heavy atom. The molecule has 0 radical (unpaired) electrons. The number of hydrogen-bond acceptors (Lipinski definition) is 4. The summed E-state index contributed by atoms with van der Waals surface area (Å²) in [6.45, 7) is 7.77. The zero-order valence-electron chi connectivity index (χ0n) is 15.9. The van der Waals surface area contributed by atoms with Gasteiger partial charge < -0.3 is 10.6 Å². The predicted molar refractivity (Wildman–Crippen MR) is 110 cm³/mol. The molecular weight excluding hydrogens is 358 g/mol.